The molecule has 1 N–H and O–H groups in total. The first kappa shape index (κ1) is 8.46. The van der Waals surface area contributed by atoms with E-state index in [4.69, 9.17) is 12.2 Å². The van der Waals surface area contributed by atoms with Gasteiger partial charge in [-0.15, -0.1) is 0 Å². The van der Waals surface area contributed by atoms with Crippen molar-refractivity contribution in [1.29, 1.82) is 0 Å². The molecule has 1 heterocycles. The number of piperazine rings is 1. The van der Waals surface area contributed by atoms with E-state index < -0.39 is 0 Å². The minimum absolute atomic E-state index is 0.609. The van der Waals surface area contributed by atoms with Crippen LogP contribution in [0.2, 0.25) is 0 Å². The maximum atomic E-state index is 4.76. The highest BCUT2D eigenvalue weighted by atomic mass is 32.2. The van der Waals surface area contributed by atoms with E-state index in [1.807, 2.05) is 0 Å². The number of hydrogen-bond acceptors (Lipinski definition) is 4. The summed E-state index contributed by atoms with van der Waals surface area (Å²) in [6, 6.07) is 0.609. The molecule has 0 saturated carbocycles. The maximum Gasteiger partial charge on any atom is 0.0499 e. The van der Waals surface area contributed by atoms with Gasteiger partial charge >= 0.3 is 0 Å². The van der Waals surface area contributed by atoms with Crippen LogP contribution < -0.4 is 5.32 Å². The van der Waals surface area contributed by atoms with Gasteiger partial charge in [-0.1, -0.05) is 12.2 Å². The summed E-state index contributed by atoms with van der Waals surface area (Å²) in [7, 11) is 0. The molecule has 1 atom stereocenters. The molecule has 1 aliphatic rings. The third-order valence-electron chi connectivity index (χ3n) is 1.62. The van der Waals surface area contributed by atoms with Gasteiger partial charge < -0.3 is 5.32 Å². The lowest BCUT2D eigenvalue weighted by molar-refractivity contribution is 0.311. The van der Waals surface area contributed by atoms with E-state index >= 15 is 0 Å². The van der Waals surface area contributed by atoms with E-state index in [1.165, 1.54) is 0 Å². The van der Waals surface area contributed by atoms with Crippen molar-refractivity contribution in [2.24, 2.45) is 0 Å². The zero-order valence-electron chi connectivity index (χ0n) is 6.04. The lowest BCUT2D eigenvalue weighted by Gasteiger charge is -2.31. The summed E-state index contributed by atoms with van der Waals surface area (Å²) in [5.41, 5.74) is 0. The van der Waals surface area contributed by atoms with Gasteiger partial charge in [-0.25, -0.2) is 4.31 Å². The summed E-state index contributed by atoms with van der Waals surface area (Å²) in [4.78, 5) is 0. The summed E-state index contributed by atoms with van der Waals surface area (Å²) < 4.78 is 4.03. The van der Waals surface area contributed by atoms with Crippen molar-refractivity contribution in [2.75, 3.05) is 19.6 Å². The SMILES string of the molecule is CC1CNCCN1SC=S. The highest BCUT2D eigenvalue weighted by Crippen LogP contribution is 2.12. The highest BCUT2D eigenvalue weighted by molar-refractivity contribution is 8.19. The van der Waals surface area contributed by atoms with Crippen molar-refractivity contribution < 1.29 is 0 Å². The molecule has 1 fully saturated rings. The molecule has 0 aromatic carbocycles. The Balaban J connectivity index is 2.32. The first-order chi connectivity index (χ1) is 4.84. The lowest BCUT2D eigenvalue weighted by atomic mass is 10.3. The normalized spacial score (nSPS) is 28.3. The van der Waals surface area contributed by atoms with E-state index in [2.05, 4.69) is 16.5 Å². The van der Waals surface area contributed by atoms with Crippen LogP contribution >= 0.6 is 24.2 Å². The van der Waals surface area contributed by atoms with Gasteiger partial charge in [-0.3, -0.25) is 0 Å². The zero-order chi connectivity index (χ0) is 7.40. The first-order valence-corrected chi connectivity index (χ1v) is 4.73. The molecule has 0 bridgehead atoms. The van der Waals surface area contributed by atoms with Crippen molar-refractivity contribution in [2.45, 2.75) is 13.0 Å². The average Bonchev–Trinajstić information content (AvgIpc) is 1.94. The van der Waals surface area contributed by atoms with Crippen LogP contribution in [0.25, 0.3) is 0 Å². The number of rotatable bonds is 2. The quantitative estimate of drug-likeness (QED) is 0.496. The van der Waals surface area contributed by atoms with Crippen molar-refractivity contribution in [3.63, 3.8) is 0 Å². The van der Waals surface area contributed by atoms with Crippen LogP contribution in [-0.4, -0.2) is 34.7 Å². The monoisotopic (exact) mass is 176 g/mol. The summed E-state index contributed by atoms with van der Waals surface area (Å²) in [6.45, 7) is 5.47. The Bertz CT molecular complexity index is 118. The van der Waals surface area contributed by atoms with E-state index in [1.54, 1.807) is 16.6 Å². The van der Waals surface area contributed by atoms with E-state index in [9.17, 15) is 0 Å². The molecule has 1 saturated heterocycles. The number of hydrogen-bond donors (Lipinski definition) is 1. The fraction of sp³-hybridized carbons (Fsp3) is 0.833. The van der Waals surface area contributed by atoms with Crippen LogP contribution in [0, 0.1) is 0 Å². The molecule has 0 aliphatic carbocycles. The second-order valence-electron chi connectivity index (χ2n) is 2.40. The second-order valence-corrected chi connectivity index (χ2v) is 3.85. The summed E-state index contributed by atoms with van der Waals surface area (Å²) in [5.74, 6) is 0. The van der Waals surface area contributed by atoms with Crippen LogP contribution in [0.1, 0.15) is 6.92 Å². The number of nitrogens with one attached hydrogen (secondary N) is 1. The molecule has 4 heteroatoms. The number of thiocarbonyl (C=S) groups is 1. The Labute approximate surface area is 71.5 Å². The van der Waals surface area contributed by atoms with Crippen molar-refractivity contribution in [1.82, 2.24) is 9.62 Å². The fourth-order valence-corrected chi connectivity index (χ4v) is 1.96. The molecule has 0 aromatic rings. The summed E-state index contributed by atoms with van der Waals surface area (Å²) in [5, 5.41) is 3.32. The molecule has 1 unspecified atom stereocenters. The maximum absolute atomic E-state index is 4.76. The van der Waals surface area contributed by atoms with Gasteiger partial charge in [-0.05, 0) is 18.9 Å². The van der Waals surface area contributed by atoms with Gasteiger partial charge in [0.1, 0.15) is 0 Å². The topological polar surface area (TPSA) is 15.3 Å². The predicted molar refractivity (Wildman–Crippen MR) is 50.3 cm³/mol. The lowest BCUT2D eigenvalue weighted by Crippen LogP contribution is -2.46. The highest BCUT2D eigenvalue weighted by Gasteiger charge is 2.16. The van der Waals surface area contributed by atoms with Crippen molar-refractivity contribution in [3.8, 4) is 0 Å². The average molecular weight is 176 g/mol. The van der Waals surface area contributed by atoms with Gasteiger partial charge in [0.05, 0.1) is 0 Å². The molecule has 2 nitrogen and oxygen atoms in total. The molecular formula is C6H12N2S2. The first-order valence-electron chi connectivity index (χ1n) is 3.42. The standard InChI is InChI=1S/C6H12N2S2/c1-6-4-7-2-3-8(6)10-5-9/h5-7H,2-4H2,1H3. The van der Waals surface area contributed by atoms with Crippen LogP contribution in [0.3, 0.4) is 0 Å². The molecular weight excluding hydrogens is 164 g/mol. The van der Waals surface area contributed by atoms with Gasteiger partial charge in [0, 0.05) is 30.4 Å². The van der Waals surface area contributed by atoms with Gasteiger partial charge in [-0.2, -0.15) is 0 Å². The zero-order valence-corrected chi connectivity index (χ0v) is 7.67. The number of nitrogens with zero attached hydrogens (tertiary/aromatic N) is 1. The predicted octanol–water partition coefficient (Wildman–Crippen LogP) is 0.885. The minimum Gasteiger partial charge on any atom is -0.314 e. The molecule has 0 aromatic heterocycles. The van der Waals surface area contributed by atoms with Crippen LogP contribution in [0.4, 0.5) is 0 Å². The van der Waals surface area contributed by atoms with Crippen LogP contribution in [-0.2, 0) is 0 Å². The van der Waals surface area contributed by atoms with Crippen molar-refractivity contribution in [3.05, 3.63) is 0 Å². The van der Waals surface area contributed by atoms with E-state index in [0.29, 0.717) is 6.04 Å². The second kappa shape index (κ2) is 4.28. The smallest absolute Gasteiger partial charge is 0.0499 e. The molecule has 0 amide bonds. The van der Waals surface area contributed by atoms with Crippen molar-refractivity contribution >= 4 is 28.9 Å². The van der Waals surface area contributed by atoms with Crippen LogP contribution in [0.5, 0.6) is 0 Å². The molecule has 10 heavy (non-hydrogen) atoms. The Hall–Kier alpha value is 0.360. The third kappa shape index (κ3) is 2.20. The molecule has 0 radical (unpaired) electrons. The molecule has 1 aliphatic heterocycles. The summed E-state index contributed by atoms with van der Waals surface area (Å²) >= 11 is 6.41. The fourth-order valence-electron chi connectivity index (χ4n) is 1.03. The van der Waals surface area contributed by atoms with Crippen LogP contribution in [0.15, 0.2) is 0 Å². The van der Waals surface area contributed by atoms with E-state index in [0.717, 1.165) is 19.6 Å². The van der Waals surface area contributed by atoms with E-state index in [-0.39, 0.29) is 0 Å². The Morgan fingerprint density at radius 3 is 3.20 bits per heavy atom. The molecule has 58 valence electrons. The largest absolute Gasteiger partial charge is 0.314 e. The molecule has 0 spiro atoms. The third-order valence-corrected chi connectivity index (χ3v) is 2.78. The summed E-state index contributed by atoms with van der Waals surface area (Å²) in [6.07, 6.45) is 0. The minimum atomic E-state index is 0.609. The van der Waals surface area contributed by atoms with Gasteiger partial charge in [0.15, 0.2) is 0 Å². The van der Waals surface area contributed by atoms with Gasteiger partial charge in [0.2, 0.25) is 0 Å². The Morgan fingerprint density at radius 2 is 2.60 bits per heavy atom. The Morgan fingerprint density at radius 1 is 1.80 bits per heavy atom. The molecule has 1 rings (SSSR count). The van der Waals surface area contributed by atoms with Gasteiger partial charge in [0.25, 0.3) is 0 Å². The Kier molecular flexibility index (Phi) is 3.62.